The van der Waals surface area contributed by atoms with Crippen molar-refractivity contribution in [2.24, 2.45) is 5.73 Å². The van der Waals surface area contributed by atoms with Gasteiger partial charge in [0.05, 0.1) is 26.2 Å². The minimum atomic E-state index is -0.974. The predicted octanol–water partition coefficient (Wildman–Crippen LogP) is 0.902. The molecule has 0 bridgehead atoms. The lowest BCUT2D eigenvalue weighted by atomic mass is 10.1. The van der Waals surface area contributed by atoms with Crippen LogP contribution in [0.1, 0.15) is 30.9 Å². The first-order valence-electron chi connectivity index (χ1n) is 11.2. The van der Waals surface area contributed by atoms with E-state index >= 15 is 0 Å². The second kappa shape index (κ2) is 14.8. The molecule has 1 atom stereocenters. The zero-order chi connectivity index (χ0) is 24.9. The molecule has 0 aromatic carbocycles. The van der Waals surface area contributed by atoms with Crippen molar-refractivity contribution in [1.29, 1.82) is 0 Å². The summed E-state index contributed by atoms with van der Waals surface area (Å²) in [5.41, 5.74) is 5.65. The van der Waals surface area contributed by atoms with Gasteiger partial charge in [-0.15, -0.1) is 0 Å². The molecule has 2 aromatic heterocycles. The summed E-state index contributed by atoms with van der Waals surface area (Å²) in [5, 5.41) is 9.02. The van der Waals surface area contributed by atoms with Gasteiger partial charge in [-0.2, -0.15) is 0 Å². The van der Waals surface area contributed by atoms with E-state index in [0.717, 1.165) is 24.6 Å². The third-order valence-electron chi connectivity index (χ3n) is 5.63. The van der Waals surface area contributed by atoms with E-state index in [0.29, 0.717) is 39.0 Å². The van der Waals surface area contributed by atoms with Gasteiger partial charge in [-0.1, -0.05) is 6.42 Å². The number of hydrogen-bond acceptors (Lipinski definition) is 9. The normalized spacial score (nSPS) is 12.8. The maximum absolute atomic E-state index is 11.0. The standard InChI is InChI=1S/C22H38N6O6/c1-31-20(32-2)15-27-11-8-24-18(27)13-26(10-6-5-7-17(23)22(29)30)14-19-25-9-12-28(19)16-21(33-3)34-4/h8-9,11-12,17,20-21H,5-7,10,13-16,23H2,1-4H3,(H,29,30)/t17-/m0/s1. The van der Waals surface area contributed by atoms with Crippen LogP contribution >= 0.6 is 0 Å². The smallest absolute Gasteiger partial charge is 0.320 e. The van der Waals surface area contributed by atoms with Crippen LogP contribution in [0.25, 0.3) is 0 Å². The number of ether oxygens (including phenoxy) is 4. The van der Waals surface area contributed by atoms with Crippen LogP contribution in [0.15, 0.2) is 24.8 Å². The van der Waals surface area contributed by atoms with E-state index in [1.165, 1.54) is 0 Å². The molecule has 0 aliphatic carbocycles. The van der Waals surface area contributed by atoms with Crippen LogP contribution in [-0.2, 0) is 49.9 Å². The highest BCUT2D eigenvalue weighted by atomic mass is 16.7. The second-order valence-electron chi connectivity index (χ2n) is 7.94. The molecule has 0 aliphatic heterocycles. The number of carboxylic acids is 1. The number of hydrogen-bond donors (Lipinski definition) is 2. The van der Waals surface area contributed by atoms with Crippen molar-refractivity contribution in [2.45, 2.75) is 64.1 Å². The first-order chi connectivity index (χ1) is 16.4. The predicted molar refractivity (Wildman–Crippen MR) is 124 cm³/mol. The SMILES string of the molecule is COC(Cn1ccnc1CN(CCCC[C@H](N)C(=O)O)Cc1nccn1CC(OC)OC)OC. The summed E-state index contributed by atoms with van der Waals surface area (Å²) in [6.07, 6.45) is 8.47. The fraction of sp³-hybridized carbons (Fsp3) is 0.682. The fourth-order valence-electron chi connectivity index (χ4n) is 3.56. The zero-order valence-corrected chi connectivity index (χ0v) is 20.5. The molecule has 12 nitrogen and oxygen atoms in total. The highest BCUT2D eigenvalue weighted by Crippen LogP contribution is 2.13. The number of imidazole rings is 2. The Labute approximate surface area is 200 Å². The van der Waals surface area contributed by atoms with E-state index in [1.807, 2.05) is 21.5 Å². The van der Waals surface area contributed by atoms with Gasteiger partial charge in [0.15, 0.2) is 12.6 Å². The summed E-state index contributed by atoms with van der Waals surface area (Å²) >= 11 is 0. The molecule has 0 aliphatic rings. The van der Waals surface area contributed by atoms with E-state index < -0.39 is 12.0 Å². The Morgan fingerprint density at radius 3 is 1.82 bits per heavy atom. The molecule has 34 heavy (non-hydrogen) atoms. The number of aliphatic carboxylic acids is 1. The van der Waals surface area contributed by atoms with Crippen LogP contribution in [0.5, 0.6) is 0 Å². The lowest BCUT2D eigenvalue weighted by Gasteiger charge is -2.24. The van der Waals surface area contributed by atoms with Crippen molar-refractivity contribution in [3.8, 4) is 0 Å². The molecular formula is C22H38N6O6. The third-order valence-corrected chi connectivity index (χ3v) is 5.63. The topological polar surface area (TPSA) is 139 Å². The Bertz CT molecular complexity index is 781. The van der Waals surface area contributed by atoms with Crippen molar-refractivity contribution in [3.63, 3.8) is 0 Å². The maximum atomic E-state index is 11.0. The van der Waals surface area contributed by atoms with Crippen LogP contribution in [0, 0.1) is 0 Å². The zero-order valence-electron chi connectivity index (χ0n) is 20.5. The van der Waals surface area contributed by atoms with Crippen molar-refractivity contribution in [2.75, 3.05) is 35.0 Å². The number of unbranched alkanes of at least 4 members (excludes halogenated alkanes) is 1. The molecule has 12 heteroatoms. The molecule has 0 spiro atoms. The first kappa shape index (κ1) is 27.9. The van der Waals surface area contributed by atoms with Gasteiger partial charge in [0, 0.05) is 53.2 Å². The Balaban J connectivity index is 2.11. The molecule has 3 N–H and O–H groups in total. The number of aromatic nitrogens is 4. The molecule has 0 amide bonds. The van der Waals surface area contributed by atoms with E-state index in [9.17, 15) is 4.79 Å². The van der Waals surface area contributed by atoms with Crippen molar-refractivity contribution >= 4 is 5.97 Å². The number of nitrogens with two attached hydrogens (primary N) is 1. The molecule has 0 unspecified atom stereocenters. The Hall–Kier alpha value is -2.35. The Kier molecular flexibility index (Phi) is 12.2. The lowest BCUT2D eigenvalue weighted by molar-refractivity contribution is -0.138. The first-order valence-corrected chi connectivity index (χ1v) is 11.2. The average Bonchev–Trinajstić information content (AvgIpc) is 3.46. The Morgan fingerprint density at radius 1 is 0.941 bits per heavy atom. The number of rotatable bonds is 18. The molecule has 0 radical (unpaired) electrons. The number of methoxy groups -OCH3 is 4. The van der Waals surface area contributed by atoms with Gasteiger partial charge in [0.2, 0.25) is 0 Å². The van der Waals surface area contributed by atoms with Crippen LogP contribution in [0.4, 0.5) is 0 Å². The van der Waals surface area contributed by atoms with E-state index in [4.69, 9.17) is 29.8 Å². The van der Waals surface area contributed by atoms with Crippen molar-refractivity contribution < 1.29 is 28.8 Å². The molecule has 0 saturated carbocycles. The van der Waals surface area contributed by atoms with E-state index in [1.54, 1.807) is 40.8 Å². The molecular weight excluding hydrogens is 444 g/mol. The van der Waals surface area contributed by atoms with Crippen LogP contribution < -0.4 is 5.73 Å². The average molecular weight is 483 g/mol. The van der Waals surface area contributed by atoms with Gasteiger partial charge in [-0.3, -0.25) is 9.69 Å². The lowest BCUT2D eigenvalue weighted by Crippen LogP contribution is -2.31. The quantitative estimate of drug-likeness (QED) is 0.233. The summed E-state index contributed by atoms with van der Waals surface area (Å²) in [5.74, 6) is 0.759. The second-order valence-corrected chi connectivity index (χ2v) is 7.94. The van der Waals surface area contributed by atoms with E-state index in [-0.39, 0.29) is 12.6 Å². The number of carbonyl (C=O) groups is 1. The van der Waals surface area contributed by atoms with Gasteiger partial charge in [0.25, 0.3) is 0 Å². The highest BCUT2D eigenvalue weighted by molar-refractivity contribution is 5.72. The Morgan fingerprint density at radius 2 is 1.41 bits per heavy atom. The summed E-state index contributed by atoms with van der Waals surface area (Å²) < 4.78 is 25.3. The summed E-state index contributed by atoms with van der Waals surface area (Å²) in [7, 11) is 6.41. The van der Waals surface area contributed by atoms with Crippen molar-refractivity contribution in [3.05, 3.63) is 36.4 Å². The fourth-order valence-corrected chi connectivity index (χ4v) is 3.56. The maximum Gasteiger partial charge on any atom is 0.320 e. The summed E-state index contributed by atoms with van der Waals surface area (Å²) in [6, 6.07) is -0.841. The summed E-state index contributed by atoms with van der Waals surface area (Å²) in [4.78, 5) is 22.3. The van der Waals surface area contributed by atoms with Gasteiger partial charge in [-0.25, -0.2) is 9.97 Å². The highest BCUT2D eigenvalue weighted by Gasteiger charge is 2.18. The third kappa shape index (κ3) is 8.78. The minimum absolute atomic E-state index is 0.377. The largest absolute Gasteiger partial charge is 0.480 e. The molecule has 2 heterocycles. The monoisotopic (exact) mass is 482 g/mol. The van der Waals surface area contributed by atoms with Crippen LogP contribution in [0.2, 0.25) is 0 Å². The van der Waals surface area contributed by atoms with Gasteiger partial charge in [-0.05, 0) is 19.4 Å². The molecule has 2 aromatic rings. The van der Waals surface area contributed by atoms with Gasteiger partial charge >= 0.3 is 5.97 Å². The minimum Gasteiger partial charge on any atom is -0.480 e. The van der Waals surface area contributed by atoms with Crippen molar-refractivity contribution in [1.82, 2.24) is 24.0 Å². The number of nitrogens with zero attached hydrogens (tertiary/aromatic N) is 5. The molecule has 192 valence electrons. The van der Waals surface area contributed by atoms with Crippen LogP contribution in [0.3, 0.4) is 0 Å². The van der Waals surface area contributed by atoms with Gasteiger partial charge in [0.1, 0.15) is 17.7 Å². The van der Waals surface area contributed by atoms with Gasteiger partial charge < -0.3 is 38.9 Å². The van der Waals surface area contributed by atoms with Crippen LogP contribution in [-0.4, -0.2) is 88.7 Å². The molecule has 0 fully saturated rings. The van der Waals surface area contributed by atoms with E-state index in [2.05, 4.69) is 14.9 Å². The molecule has 2 rings (SSSR count). The molecule has 0 saturated heterocycles. The summed E-state index contributed by atoms with van der Waals surface area (Å²) in [6.45, 7) is 2.90. The number of carboxylic acid groups (broad SMARTS) is 1.